The van der Waals surface area contributed by atoms with Crippen LogP contribution in [0.2, 0.25) is 0 Å². The van der Waals surface area contributed by atoms with E-state index in [2.05, 4.69) is 5.32 Å². The van der Waals surface area contributed by atoms with Gasteiger partial charge in [0.25, 0.3) is 0 Å². The molecule has 0 atom stereocenters. The standard InChI is InChI=1S/C12H23NO3/c14-10-7-5-3-1-2-4-6-8-12(16)13-9-11-15/h6,8,14-15H,1-5,7,9-11H2,(H,13,16)/b8-6+. The molecule has 0 saturated carbocycles. The SMILES string of the molecule is O=C(/C=C/CCCCCCCO)NCCO. The van der Waals surface area contributed by atoms with Gasteiger partial charge in [-0.3, -0.25) is 4.79 Å². The van der Waals surface area contributed by atoms with E-state index in [9.17, 15) is 4.79 Å². The van der Waals surface area contributed by atoms with Gasteiger partial charge >= 0.3 is 0 Å². The van der Waals surface area contributed by atoms with Crippen LogP contribution in [0.1, 0.15) is 38.5 Å². The van der Waals surface area contributed by atoms with E-state index < -0.39 is 0 Å². The molecule has 0 aliphatic carbocycles. The fourth-order valence-electron chi connectivity index (χ4n) is 1.33. The smallest absolute Gasteiger partial charge is 0.243 e. The molecule has 0 unspecified atom stereocenters. The van der Waals surface area contributed by atoms with Crippen LogP contribution in [0.15, 0.2) is 12.2 Å². The molecule has 0 aliphatic heterocycles. The van der Waals surface area contributed by atoms with Crippen molar-refractivity contribution in [2.45, 2.75) is 38.5 Å². The molecule has 0 spiro atoms. The number of carbonyl (C=O) groups is 1. The highest BCUT2D eigenvalue weighted by Gasteiger charge is 1.92. The Morgan fingerprint density at radius 1 is 1.00 bits per heavy atom. The summed E-state index contributed by atoms with van der Waals surface area (Å²) in [6.45, 7) is 0.569. The Morgan fingerprint density at radius 2 is 1.69 bits per heavy atom. The van der Waals surface area contributed by atoms with Crippen molar-refractivity contribution < 1.29 is 15.0 Å². The van der Waals surface area contributed by atoms with Crippen LogP contribution in [0, 0.1) is 0 Å². The van der Waals surface area contributed by atoms with Crippen LogP contribution in [-0.4, -0.2) is 35.9 Å². The van der Waals surface area contributed by atoms with Crippen LogP contribution in [-0.2, 0) is 4.79 Å². The highest BCUT2D eigenvalue weighted by atomic mass is 16.3. The Bertz CT molecular complexity index is 193. The number of aliphatic hydroxyl groups excluding tert-OH is 2. The third kappa shape index (κ3) is 11.2. The molecule has 0 aliphatic rings. The van der Waals surface area contributed by atoms with Crippen LogP contribution in [0.4, 0.5) is 0 Å². The molecule has 0 saturated heterocycles. The van der Waals surface area contributed by atoms with Gasteiger partial charge in [0.05, 0.1) is 6.61 Å². The highest BCUT2D eigenvalue weighted by Crippen LogP contribution is 2.05. The lowest BCUT2D eigenvalue weighted by Gasteiger charge is -1.98. The molecule has 3 N–H and O–H groups in total. The summed E-state index contributed by atoms with van der Waals surface area (Å²) in [5, 5.41) is 19.6. The van der Waals surface area contributed by atoms with Gasteiger partial charge in [0.1, 0.15) is 0 Å². The van der Waals surface area contributed by atoms with Crippen LogP contribution < -0.4 is 5.32 Å². The van der Waals surface area contributed by atoms with E-state index >= 15 is 0 Å². The molecule has 0 heterocycles. The fraction of sp³-hybridized carbons (Fsp3) is 0.750. The molecular weight excluding hydrogens is 206 g/mol. The topological polar surface area (TPSA) is 69.6 Å². The largest absolute Gasteiger partial charge is 0.396 e. The number of amides is 1. The molecule has 0 bridgehead atoms. The first-order chi connectivity index (χ1) is 7.81. The van der Waals surface area contributed by atoms with E-state index in [1.807, 2.05) is 6.08 Å². The maximum absolute atomic E-state index is 11.0. The average molecular weight is 229 g/mol. The number of unbranched alkanes of at least 4 members (excludes halogenated alkanes) is 5. The van der Waals surface area contributed by atoms with E-state index in [0.717, 1.165) is 38.5 Å². The number of hydrogen-bond donors (Lipinski definition) is 3. The molecule has 4 nitrogen and oxygen atoms in total. The zero-order valence-electron chi connectivity index (χ0n) is 9.82. The summed E-state index contributed by atoms with van der Waals surface area (Å²) in [5.41, 5.74) is 0. The molecule has 0 fully saturated rings. The van der Waals surface area contributed by atoms with E-state index in [-0.39, 0.29) is 19.1 Å². The van der Waals surface area contributed by atoms with Gasteiger partial charge in [0.15, 0.2) is 0 Å². The summed E-state index contributed by atoms with van der Waals surface area (Å²) in [7, 11) is 0. The molecule has 16 heavy (non-hydrogen) atoms. The maximum atomic E-state index is 11.0. The Labute approximate surface area is 97.4 Å². The highest BCUT2D eigenvalue weighted by molar-refractivity contribution is 5.87. The van der Waals surface area contributed by atoms with Crippen molar-refractivity contribution in [3.05, 3.63) is 12.2 Å². The van der Waals surface area contributed by atoms with Crippen LogP contribution in [0.5, 0.6) is 0 Å². The molecule has 0 aromatic carbocycles. The summed E-state index contributed by atoms with van der Waals surface area (Å²) in [4.78, 5) is 11.0. The molecular formula is C12H23NO3. The average Bonchev–Trinajstić information content (AvgIpc) is 2.30. The van der Waals surface area contributed by atoms with Crippen LogP contribution >= 0.6 is 0 Å². The minimum Gasteiger partial charge on any atom is -0.396 e. The van der Waals surface area contributed by atoms with Crippen molar-refractivity contribution in [1.82, 2.24) is 5.32 Å². The Balaban J connectivity index is 3.23. The van der Waals surface area contributed by atoms with Crippen molar-refractivity contribution >= 4 is 5.91 Å². The number of nitrogens with one attached hydrogen (secondary N) is 1. The van der Waals surface area contributed by atoms with Crippen molar-refractivity contribution in [1.29, 1.82) is 0 Å². The molecule has 94 valence electrons. The van der Waals surface area contributed by atoms with E-state index in [0.29, 0.717) is 6.54 Å². The monoisotopic (exact) mass is 229 g/mol. The number of rotatable bonds is 10. The number of allylic oxidation sites excluding steroid dienone is 1. The number of carbonyl (C=O) groups excluding carboxylic acids is 1. The number of hydrogen-bond acceptors (Lipinski definition) is 3. The third-order valence-electron chi connectivity index (χ3n) is 2.21. The summed E-state index contributed by atoms with van der Waals surface area (Å²) < 4.78 is 0. The van der Waals surface area contributed by atoms with Crippen molar-refractivity contribution in [3.8, 4) is 0 Å². The molecule has 0 aromatic rings. The van der Waals surface area contributed by atoms with Gasteiger partial charge in [0, 0.05) is 13.2 Å². The molecule has 0 rings (SSSR count). The zero-order valence-corrected chi connectivity index (χ0v) is 9.82. The Kier molecular flexibility index (Phi) is 11.5. The Hall–Kier alpha value is -0.870. The second-order valence-corrected chi connectivity index (χ2v) is 3.70. The summed E-state index contributed by atoms with van der Waals surface area (Å²) in [6.07, 6.45) is 9.62. The van der Waals surface area contributed by atoms with Crippen LogP contribution in [0.3, 0.4) is 0 Å². The lowest BCUT2D eigenvalue weighted by atomic mass is 10.1. The second kappa shape index (κ2) is 12.2. The lowest BCUT2D eigenvalue weighted by Crippen LogP contribution is -2.24. The van der Waals surface area contributed by atoms with Gasteiger partial charge in [-0.05, 0) is 25.3 Å². The summed E-state index contributed by atoms with van der Waals surface area (Å²) in [6, 6.07) is 0. The van der Waals surface area contributed by atoms with Gasteiger partial charge < -0.3 is 15.5 Å². The van der Waals surface area contributed by atoms with Gasteiger partial charge in [-0.15, -0.1) is 0 Å². The second-order valence-electron chi connectivity index (χ2n) is 3.70. The van der Waals surface area contributed by atoms with Gasteiger partial charge in [-0.25, -0.2) is 0 Å². The minimum atomic E-state index is -0.144. The van der Waals surface area contributed by atoms with Crippen molar-refractivity contribution in [2.75, 3.05) is 19.8 Å². The Morgan fingerprint density at radius 3 is 2.38 bits per heavy atom. The number of aliphatic hydroxyl groups is 2. The first-order valence-corrected chi connectivity index (χ1v) is 5.97. The van der Waals surface area contributed by atoms with E-state index in [1.54, 1.807) is 0 Å². The molecule has 4 heteroatoms. The fourth-order valence-corrected chi connectivity index (χ4v) is 1.33. The maximum Gasteiger partial charge on any atom is 0.243 e. The zero-order chi connectivity index (χ0) is 12.1. The van der Waals surface area contributed by atoms with Gasteiger partial charge in [0.2, 0.25) is 5.91 Å². The van der Waals surface area contributed by atoms with E-state index in [1.165, 1.54) is 6.08 Å². The summed E-state index contributed by atoms with van der Waals surface area (Å²) >= 11 is 0. The first-order valence-electron chi connectivity index (χ1n) is 5.97. The van der Waals surface area contributed by atoms with Crippen molar-refractivity contribution in [3.63, 3.8) is 0 Å². The van der Waals surface area contributed by atoms with Gasteiger partial charge in [-0.2, -0.15) is 0 Å². The van der Waals surface area contributed by atoms with Crippen molar-refractivity contribution in [2.24, 2.45) is 0 Å². The molecule has 1 amide bonds. The van der Waals surface area contributed by atoms with Gasteiger partial charge in [-0.1, -0.05) is 25.3 Å². The molecule has 0 aromatic heterocycles. The lowest BCUT2D eigenvalue weighted by molar-refractivity contribution is -0.116. The molecule has 0 radical (unpaired) electrons. The summed E-state index contributed by atoms with van der Waals surface area (Å²) in [5.74, 6) is -0.144. The third-order valence-corrected chi connectivity index (χ3v) is 2.21. The minimum absolute atomic E-state index is 0.0234. The predicted octanol–water partition coefficient (Wildman–Crippen LogP) is 0.984. The normalized spacial score (nSPS) is 10.9. The van der Waals surface area contributed by atoms with Crippen LogP contribution in [0.25, 0.3) is 0 Å². The quantitative estimate of drug-likeness (QED) is 0.386. The predicted molar refractivity (Wildman–Crippen MR) is 64.0 cm³/mol. The van der Waals surface area contributed by atoms with E-state index in [4.69, 9.17) is 10.2 Å². The first kappa shape index (κ1) is 15.1.